The van der Waals surface area contributed by atoms with Gasteiger partial charge in [-0.15, -0.1) is 0 Å². The maximum absolute atomic E-state index is 12.8. The van der Waals surface area contributed by atoms with E-state index in [-0.39, 0.29) is 31.1 Å². The van der Waals surface area contributed by atoms with Gasteiger partial charge in [-0.3, -0.25) is 14.4 Å². The molecule has 0 aliphatic heterocycles. The van der Waals surface area contributed by atoms with E-state index < -0.39 is 6.10 Å². The highest BCUT2D eigenvalue weighted by Crippen LogP contribution is 2.15. The third-order valence-electron chi connectivity index (χ3n) is 10.9. The van der Waals surface area contributed by atoms with Gasteiger partial charge in [-0.05, 0) is 70.6 Å². The Morgan fingerprint density at radius 1 is 0.362 bits per heavy atom. The van der Waals surface area contributed by atoms with Gasteiger partial charge in [-0.1, -0.05) is 205 Å². The van der Waals surface area contributed by atoms with Crippen LogP contribution in [0.2, 0.25) is 0 Å². The molecule has 6 heteroatoms. The van der Waals surface area contributed by atoms with Crippen molar-refractivity contribution >= 4 is 17.9 Å². The summed E-state index contributed by atoms with van der Waals surface area (Å²) in [5, 5.41) is 0. The van der Waals surface area contributed by atoms with Gasteiger partial charge in [-0.2, -0.15) is 0 Å². The van der Waals surface area contributed by atoms with Gasteiger partial charge in [0.05, 0.1) is 0 Å². The van der Waals surface area contributed by atoms with Crippen molar-refractivity contribution in [2.24, 2.45) is 0 Å². The molecule has 0 N–H and O–H groups in total. The summed E-state index contributed by atoms with van der Waals surface area (Å²) in [4.78, 5) is 37.9. The Morgan fingerprint density at radius 3 is 1.07 bits per heavy atom. The van der Waals surface area contributed by atoms with Crippen LogP contribution < -0.4 is 0 Å². The predicted octanol–water partition coefficient (Wildman–Crippen LogP) is 16.1. The Bertz CT molecular complexity index is 984. The molecule has 0 heterocycles. The maximum atomic E-state index is 12.8. The molecule has 0 aliphatic rings. The van der Waals surface area contributed by atoms with E-state index in [9.17, 15) is 14.4 Å². The first-order valence-electron chi connectivity index (χ1n) is 25.0. The van der Waals surface area contributed by atoms with Crippen LogP contribution in [0.25, 0.3) is 0 Å². The predicted molar refractivity (Wildman–Crippen MR) is 247 cm³/mol. The summed E-state index contributed by atoms with van der Waals surface area (Å²) in [7, 11) is 0. The van der Waals surface area contributed by atoms with Crippen molar-refractivity contribution in [1.29, 1.82) is 0 Å². The van der Waals surface area contributed by atoms with Crippen molar-refractivity contribution < 1.29 is 28.6 Å². The molecule has 338 valence electrons. The van der Waals surface area contributed by atoms with E-state index in [1.807, 2.05) is 0 Å². The van der Waals surface area contributed by atoms with Gasteiger partial charge in [-0.25, -0.2) is 0 Å². The summed E-state index contributed by atoms with van der Waals surface area (Å²) < 4.78 is 16.7. The van der Waals surface area contributed by atoms with E-state index in [0.717, 1.165) is 96.3 Å². The van der Waals surface area contributed by atoms with Crippen LogP contribution >= 0.6 is 0 Å². The number of ether oxygens (including phenoxy) is 3. The lowest BCUT2D eigenvalue weighted by atomic mass is 10.0. The SMILES string of the molecule is CC/C=C\C/C=C\CCCCCCCC(=O)OCC(COC(=O)CCCCC/C=C\CCCCCCCCC)OC(=O)CCCCCCCCCCCCCCCC. The summed E-state index contributed by atoms with van der Waals surface area (Å²) in [6, 6.07) is 0. The first kappa shape index (κ1) is 55.6. The number of carbonyl (C=O) groups is 3. The van der Waals surface area contributed by atoms with Gasteiger partial charge in [0.2, 0.25) is 0 Å². The molecule has 6 nitrogen and oxygen atoms in total. The third kappa shape index (κ3) is 44.7. The average molecular weight is 815 g/mol. The zero-order valence-corrected chi connectivity index (χ0v) is 38.6. The summed E-state index contributed by atoms with van der Waals surface area (Å²) in [6.45, 7) is 6.51. The molecular weight excluding hydrogens is 721 g/mol. The molecular formula is C52H94O6. The normalized spacial score (nSPS) is 12.3. The Labute approximate surface area is 359 Å². The fraction of sp³-hybridized carbons (Fsp3) is 0.827. The number of esters is 3. The van der Waals surface area contributed by atoms with Gasteiger partial charge in [0.15, 0.2) is 6.10 Å². The largest absolute Gasteiger partial charge is 0.462 e. The first-order chi connectivity index (χ1) is 28.5. The van der Waals surface area contributed by atoms with Gasteiger partial charge < -0.3 is 14.2 Å². The fourth-order valence-electron chi connectivity index (χ4n) is 7.12. The van der Waals surface area contributed by atoms with Crippen LogP contribution in [0.1, 0.15) is 258 Å². The standard InChI is InChI=1S/C52H94O6/c1-4-7-10-13-16-19-22-25-27-30-33-36-39-42-45-51(54)57-48-49(47-56-50(53)44-41-38-35-32-29-24-21-18-15-12-9-6-3)58-52(55)46-43-40-37-34-31-28-26-23-20-17-14-11-8-5-2/h9,12,18,21,27,30,49H,4-8,10-11,13-17,19-20,22-26,28-29,31-48H2,1-3H3/b12-9-,21-18-,30-27-. The van der Waals surface area contributed by atoms with Crippen LogP contribution in [0, 0.1) is 0 Å². The second-order valence-electron chi connectivity index (χ2n) is 16.7. The summed E-state index contributed by atoms with van der Waals surface area (Å²) in [5.74, 6) is -0.903. The Morgan fingerprint density at radius 2 is 0.672 bits per heavy atom. The molecule has 58 heavy (non-hydrogen) atoms. The van der Waals surface area contributed by atoms with Crippen LogP contribution in [0.15, 0.2) is 36.5 Å². The highest BCUT2D eigenvalue weighted by Gasteiger charge is 2.19. The van der Waals surface area contributed by atoms with Crippen molar-refractivity contribution in [2.75, 3.05) is 13.2 Å². The quantitative estimate of drug-likeness (QED) is 0.0264. The summed E-state index contributed by atoms with van der Waals surface area (Å²) in [6.07, 6.45) is 54.1. The molecule has 0 rings (SSSR count). The molecule has 0 amide bonds. The van der Waals surface area contributed by atoms with E-state index in [1.54, 1.807) is 0 Å². The second-order valence-corrected chi connectivity index (χ2v) is 16.7. The molecule has 0 aromatic rings. The third-order valence-corrected chi connectivity index (χ3v) is 10.9. The smallest absolute Gasteiger partial charge is 0.306 e. The summed E-state index contributed by atoms with van der Waals surface area (Å²) >= 11 is 0. The van der Waals surface area contributed by atoms with Gasteiger partial charge >= 0.3 is 17.9 Å². The molecule has 1 unspecified atom stereocenters. The molecule has 0 spiro atoms. The minimum absolute atomic E-state index is 0.0818. The lowest BCUT2D eigenvalue weighted by molar-refractivity contribution is -0.167. The number of hydrogen-bond donors (Lipinski definition) is 0. The van der Waals surface area contributed by atoms with Crippen molar-refractivity contribution in [3.8, 4) is 0 Å². The zero-order chi connectivity index (χ0) is 42.3. The van der Waals surface area contributed by atoms with E-state index in [0.29, 0.717) is 19.3 Å². The van der Waals surface area contributed by atoms with Crippen LogP contribution in [0.4, 0.5) is 0 Å². The lowest BCUT2D eigenvalue weighted by Crippen LogP contribution is -2.30. The van der Waals surface area contributed by atoms with Gasteiger partial charge in [0.25, 0.3) is 0 Å². The van der Waals surface area contributed by atoms with E-state index in [2.05, 4.69) is 57.2 Å². The van der Waals surface area contributed by atoms with Crippen LogP contribution in [-0.2, 0) is 28.6 Å². The summed E-state index contributed by atoms with van der Waals surface area (Å²) in [5.41, 5.74) is 0. The molecule has 1 atom stereocenters. The van der Waals surface area contributed by atoms with Crippen molar-refractivity contribution in [3.63, 3.8) is 0 Å². The Balaban J connectivity index is 4.38. The molecule has 0 saturated heterocycles. The average Bonchev–Trinajstić information content (AvgIpc) is 3.22. The topological polar surface area (TPSA) is 78.9 Å². The fourth-order valence-corrected chi connectivity index (χ4v) is 7.12. The Hall–Kier alpha value is -2.37. The molecule has 0 aromatic heterocycles. The minimum atomic E-state index is -0.779. The number of carbonyl (C=O) groups excluding carboxylic acids is 3. The Kier molecular flexibility index (Phi) is 45.4. The maximum Gasteiger partial charge on any atom is 0.306 e. The lowest BCUT2D eigenvalue weighted by Gasteiger charge is -2.18. The van der Waals surface area contributed by atoms with Crippen molar-refractivity contribution in [2.45, 2.75) is 264 Å². The molecule has 0 bridgehead atoms. The van der Waals surface area contributed by atoms with E-state index in [1.165, 1.54) is 122 Å². The number of rotatable bonds is 45. The molecule has 0 fully saturated rings. The first-order valence-corrected chi connectivity index (χ1v) is 25.0. The zero-order valence-electron chi connectivity index (χ0n) is 38.6. The van der Waals surface area contributed by atoms with Crippen LogP contribution in [0.3, 0.4) is 0 Å². The monoisotopic (exact) mass is 815 g/mol. The van der Waals surface area contributed by atoms with Gasteiger partial charge in [0.1, 0.15) is 13.2 Å². The van der Waals surface area contributed by atoms with Crippen molar-refractivity contribution in [3.05, 3.63) is 36.5 Å². The second kappa shape index (κ2) is 47.3. The number of allylic oxidation sites excluding steroid dienone is 6. The highest BCUT2D eigenvalue weighted by atomic mass is 16.6. The molecule has 0 radical (unpaired) electrons. The van der Waals surface area contributed by atoms with E-state index >= 15 is 0 Å². The van der Waals surface area contributed by atoms with Crippen LogP contribution in [-0.4, -0.2) is 37.2 Å². The molecule has 0 saturated carbocycles. The highest BCUT2D eigenvalue weighted by molar-refractivity contribution is 5.71. The number of unbranched alkanes of at least 4 members (excludes halogenated alkanes) is 28. The van der Waals surface area contributed by atoms with E-state index in [4.69, 9.17) is 14.2 Å². The molecule has 0 aliphatic carbocycles. The van der Waals surface area contributed by atoms with Gasteiger partial charge in [0, 0.05) is 19.3 Å². The van der Waals surface area contributed by atoms with Crippen LogP contribution in [0.5, 0.6) is 0 Å². The minimum Gasteiger partial charge on any atom is -0.462 e. The molecule has 0 aromatic carbocycles. The van der Waals surface area contributed by atoms with Crippen molar-refractivity contribution in [1.82, 2.24) is 0 Å². The number of hydrogen-bond acceptors (Lipinski definition) is 6.